The zero-order valence-corrected chi connectivity index (χ0v) is 21.7. The molecule has 3 N–H and O–H groups in total. The topological polar surface area (TPSA) is 77.8 Å². The van der Waals surface area contributed by atoms with Crippen molar-refractivity contribution >= 4 is 5.97 Å². The van der Waals surface area contributed by atoms with E-state index in [9.17, 15) is 20.1 Å². The highest BCUT2D eigenvalue weighted by Crippen LogP contribution is 2.72. The number of aliphatic hydroxyl groups excluding tert-OH is 1. The molecule has 33 heavy (non-hydrogen) atoms. The summed E-state index contributed by atoms with van der Waals surface area (Å²) in [6.07, 6.45) is 10.5. The third-order valence-corrected chi connectivity index (χ3v) is 12.7. The fraction of sp³-hybridized carbons (Fsp3) is 0.897. The van der Waals surface area contributed by atoms with Gasteiger partial charge in [-0.25, -0.2) is 0 Å². The third-order valence-electron chi connectivity index (χ3n) is 12.7. The summed E-state index contributed by atoms with van der Waals surface area (Å²) < 4.78 is 0. The molecule has 5 aliphatic rings. The molecule has 0 spiro atoms. The number of hydrogen-bond donors (Lipinski definition) is 3. The van der Waals surface area contributed by atoms with E-state index in [1.54, 1.807) is 0 Å². The lowest BCUT2D eigenvalue weighted by Gasteiger charge is -2.68. The molecule has 4 heteroatoms. The molecule has 186 valence electrons. The van der Waals surface area contributed by atoms with E-state index in [2.05, 4.69) is 40.7 Å². The number of allylic oxidation sites excluding steroid dienone is 1. The molecule has 0 aliphatic heterocycles. The smallest absolute Gasteiger partial charge is 0.310 e. The van der Waals surface area contributed by atoms with Gasteiger partial charge in [0.1, 0.15) is 0 Å². The Kier molecular flexibility index (Phi) is 5.13. The fourth-order valence-electron chi connectivity index (χ4n) is 10.5. The summed E-state index contributed by atoms with van der Waals surface area (Å²) in [5.74, 6) is 0.545. The molecule has 4 nitrogen and oxygen atoms in total. The van der Waals surface area contributed by atoms with Crippen LogP contribution in [0.4, 0.5) is 0 Å². The Balaban J connectivity index is 1.59. The van der Waals surface area contributed by atoms with Crippen molar-refractivity contribution in [2.75, 3.05) is 0 Å². The second-order valence-electron chi connectivity index (χ2n) is 14.1. The summed E-state index contributed by atoms with van der Waals surface area (Å²) in [5, 5.41) is 33.1. The largest absolute Gasteiger partial charge is 0.481 e. The Hall–Kier alpha value is -0.870. The maximum atomic E-state index is 12.7. The summed E-state index contributed by atoms with van der Waals surface area (Å²) in [6.45, 7) is 13.5. The van der Waals surface area contributed by atoms with Crippen LogP contribution in [-0.2, 0) is 4.79 Å². The second kappa shape index (κ2) is 7.09. The normalized spacial score (nSPS) is 55.3. The minimum atomic E-state index is -0.984. The van der Waals surface area contributed by atoms with Crippen LogP contribution in [0.1, 0.15) is 99.3 Å². The van der Waals surface area contributed by atoms with Crippen LogP contribution in [0.25, 0.3) is 0 Å². The van der Waals surface area contributed by atoms with Gasteiger partial charge in [-0.3, -0.25) is 4.79 Å². The molecule has 0 aromatic carbocycles. The number of carbonyl (C=O) groups is 1. The Labute approximate surface area is 200 Å². The third kappa shape index (κ3) is 2.86. The second-order valence-corrected chi connectivity index (χ2v) is 14.1. The van der Waals surface area contributed by atoms with Crippen molar-refractivity contribution in [3.8, 4) is 0 Å². The first-order chi connectivity index (χ1) is 15.2. The van der Waals surface area contributed by atoms with Crippen LogP contribution in [-0.4, -0.2) is 33.0 Å². The first-order valence-electron chi connectivity index (χ1n) is 13.6. The van der Waals surface area contributed by atoms with Crippen molar-refractivity contribution in [3.05, 3.63) is 11.6 Å². The number of carboxylic acid groups (broad SMARTS) is 1. The van der Waals surface area contributed by atoms with Crippen molar-refractivity contribution in [2.24, 2.45) is 51.2 Å². The highest BCUT2D eigenvalue weighted by atomic mass is 16.4. The molecule has 4 saturated carbocycles. The van der Waals surface area contributed by atoms with Gasteiger partial charge in [-0.15, -0.1) is 0 Å². The van der Waals surface area contributed by atoms with Gasteiger partial charge >= 0.3 is 5.97 Å². The van der Waals surface area contributed by atoms with Crippen molar-refractivity contribution in [1.82, 2.24) is 0 Å². The molecule has 0 radical (unpaired) electrons. The van der Waals surface area contributed by atoms with Crippen molar-refractivity contribution in [1.29, 1.82) is 0 Å². The maximum absolute atomic E-state index is 12.7. The molecule has 4 fully saturated rings. The fourth-order valence-corrected chi connectivity index (χ4v) is 10.5. The van der Waals surface area contributed by atoms with Gasteiger partial charge in [-0.2, -0.15) is 0 Å². The van der Waals surface area contributed by atoms with E-state index >= 15 is 0 Å². The molecule has 0 bridgehead atoms. The lowest BCUT2D eigenvalue weighted by molar-refractivity contribution is -0.201. The highest BCUT2D eigenvalue weighted by Gasteiger charge is 2.68. The van der Waals surface area contributed by atoms with Gasteiger partial charge in [-0.05, 0) is 105 Å². The summed E-state index contributed by atoms with van der Waals surface area (Å²) in [5.41, 5.74) is -0.263. The molecule has 5 aliphatic carbocycles. The Morgan fingerprint density at radius 3 is 2.21 bits per heavy atom. The number of carboxylic acids is 1. The minimum Gasteiger partial charge on any atom is -0.481 e. The molecule has 0 saturated heterocycles. The number of fused-ring (bicyclic) bond motifs is 7. The standard InChI is InChI=1S/C29H46O4/c1-17-9-15-29(24(31)32)16-10-19-18(23(29)28(17,6)33)7-8-21-26(19,4)13-11-20-25(2,3)22(30)12-14-27(20,21)5/h7,17,19-23,30,33H,8-16H2,1-6H3,(H,31,32)/t17-,19+,20+,21+,22+,23-,26+,27+,28-,29+/m1/s1. The van der Waals surface area contributed by atoms with E-state index in [0.717, 1.165) is 44.9 Å². The lowest BCUT2D eigenvalue weighted by Crippen LogP contribution is -2.65. The van der Waals surface area contributed by atoms with Gasteiger partial charge in [0.15, 0.2) is 0 Å². The van der Waals surface area contributed by atoms with Crippen LogP contribution in [0.5, 0.6) is 0 Å². The van der Waals surface area contributed by atoms with Gasteiger partial charge in [0, 0.05) is 5.92 Å². The lowest BCUT2D eigenvalue weighted by atomic mass is 9.36. The average molecular weight is 459 g/mol. The predicted octanol–water partition coefficient (Wildman–Crippen LogP) is 5.81. The average Bonchev–Trinajstić information content (AvgIpc) is 2.73. The van der Waals surface area contributed by atoms with E-state index in [1.807, 2.05) is 6.92 Å². The van der Waals surface area contributed by atoms with Crippen LogP contribution in [0, 0.1) is 51.2 Å². The highest BCUT2D eigenvalue weighted by molar-refractivity contribution is 5.77. The molecule has 0 amide bonds. The van der Waals surface area contributed by atoms with Crippen LogP contribution >= 0.6 is 0 Å². The Morgan fingerprint density at radius 2 is 1.55 bits per heavy atom. The molecule has 0 heterocycles. The molecular formula is C29H46O4. The first kappa shape index (κ1) is 23.9. The molecule has 10 atom stereocenters. The zero-order chi connectivity index (χ0) is 24.2. The monoisotopic (exact) mass is 458 g/mol. The maximum Gasteiger partial charge on any atom is 0.310 e. The van der Waals surface area contributed by atoms with Crippen LogP contribution in [0.3, 0.4) is 0 Å². The number of hydrogen-bond acceptors (Lipinski definition) is 3. The number of aliphatic hydroxyl groups is 2. The Bertz CT molecular complexity index is 873. The summed E-state index contributed by atoms with van der Waals surface area (Å²) in [7, 11) is 0. The van der Waals surface area contributed by atoms with Crippen LogP contribution < -0.4 is 0 Å². The SMILES string of the molecule is C[C@@H]1CC[C@]2(C(=O)O)CC[C@H]3C(=CC[C@H]4[C@@]3(C)CC[C@H]3C(C)(C)[C@@H](O)CC[C@]43C)[C@@H]2[C@]1(C)O. The summed E-state index contributed by atoms with van der Waals surface area (Å²) >= 11 is 0. The van der Waals surface area contributed by atoms with Gasteiger partial charge in [0.2, 0.25) is 0 Å². The van der Waals surface area contributed by atoms with Gasteiger partial charge in [0.25, 0.3) is 0 Å². The van der Waals surface area contributed by atoms with Crippen molar-refractivity contribution < 1.29 is 20.1 Å². The molecule has 5 rings (SSSR count). The predicted molar refractivity (Wildman–Crippen MR) is 129 cm³/mol. The Morgan fingerprint density at radius 1 is 0.909 bits per heavy atom. The van der Waals surface area contributed by atoms with Crippen molar-refractivity contribution in [2.45, 2.75) is 111 Å². The van der Waals surface area contributed by atoms with Gasteiger partial charge in [-0.1, -0.05) is 46.3 Å². The summed E-state index contributed by atoms with van der Waals surface area (Å²) in [6, 6.07) is 0. The minimum absolute atomic E-state index is 0.0637. The molecule has 0 aromatic heterocycles. The van der Waals surface area contributed by atoms with E-state index < -0.39 is 17.0 Å². The van der Waals surface area contributed by atoms with E-state index in [4.69, 9.17) is 0 Å². The first-order valence-corrected chi connectivity index (χ1v) is 13.6. The van der Waals surface area contributed by atoms with Gasteiger partial charge < -0.3 is 15.3 Å². The van der Waals surface area contributed by atoms with Crippen LogP contribution in [0.15, 0.2) is 11.6 Å². The quantitative estimate of drug-likeness (QED) is 0.433. The van der Waals surface area contributed by atoms with E-state index in [0.29, 0.717) is 30.6 Å². The number of aliphatic carboxylic acids is 1. The van der Waals surface area contributed by atoms with Gasteiger partial charge in [0.05, 0.1) is 17.1 Å². The number of rotatable bonds is 1. The molecule has 0 unspecified atom stereocenters. The molecular weight excluding hydrogens is 412 g/mol. The summed E-state index contributed by atoms with van der Waals surface area (Å²) in [4.78, 5) is 12.7. The van der Waals surface area contributed by atoms with E-state index in [-0.39, 0.29) is 34.2 Å². The van der Waals surface area contributed by atoms with E-state index in [1.165, 1.54) is 5.57 Å². The zero-order valence-electron chi connectivity index (χ0n) is 21.7. The molecule has 0 aromatic rings. The van der Waals surface area contributed by atoms with Crippen LogP contribution in [0.2, 0.25) is 0 Å². The van der Waals surface area contributed by atoms with Crippen molar-refractivity contribution in [3.63, 3.8) is 0 Å².